The lowest BCUT2D eigenvalue weighted by atomic mass is 10.2. The maximum atomic E-state index is 11.9. The van der Waals surface area contributed by atoms with Crippen LogP contribution in [-0.4, -0.2) is 47.5 Å². The summed E-state index contributed by atoms with van der Waals surface area (Å²) < 4.78 is 9.92. The number of nitrogens with zero attached hydrogens (tertiary/aromatic N) is 1. The van der Waals surface area contributed by atoms with Crippen LogP contribution < -0.4 is 0 Å². The largest absolute Gasteiger partial charge is 0.467 e. The maximum absolute atomic E-state index is 11.9. The van der Waals surface area contributed by atoms with Crippen molar-refractivity contribution >= 4 is 24.7 Å². The lowest BCUT2D eigenvalue weighted by Gasteiger charge is -2.28. The van der Waals surface area contributed by atoms with Crippen molar-refractivity contribution in [2.45, 2.75) is 44.1 Å². The Morgan fingerprint density at radius 3 is 2.41 bits per heavy atom. The normalized spacial score (nSPS) is 24.6. The van der Waals surface area contributed by atoms with Gasteiger partial charge in [-0.25, -0.2) is 9.59 Å². The van der Waals surface area contributed by atoms with Crippen LogP contribution in [0.1, 0.15) is 27.2 Å². The van der Waals surface area contributed by atoms with Gasteiger partial charge in [0.25, 0.3) is 0 Å². The van der Waals surface area contributed by atoms with E-state index >= 15 is 0 Å². The van der Waals surface area contributed by atoms with Gasteiger partial charge in [-0.3, -0.25) is 4.90 Å². The molecule has 1 amide bonds. The van der Waals surface area contributed by atoms with E-state index in [1.165, 1.54) is 12.0 Å². The van der Waals surface area contributed by atoms with Crippen LogP contribution in [0.2, 0.25) is 0 Å². The highest BCUT2D eigenvalue weighted by Gasteiger charge is 2.42. The quantitative estimate of drug-likeness (QED) is 0.573. The van der Waals surface area contributed by atoms with Gasteiger partial charge in [-0.05, 0) is 27.2 Å². The number of amides is 1. The average molecular weight is 261 g/mol. The molecular formula is C11H19NO4S. The molecule has 0 aromatic carbocycles. The van der Waals surface area contributed by atoms with E-state index in [0.717, 1.165) is 0 Å². The highest BCUT2D eigenvalue weighted by Crippen LogP contribution is 2.25. The molecule has 1 saturated heterocycles. The number of methoxy groups -OCH3 is 1. The predicted octanol–water partition coefficient (Wildman–Crippen LogP) is 1.47. The monoisotopic (exact) mass is 261 g/mol. The first kappa shape index (κ1) is 14.2. The molecule has 0 aromatic heterocycles. The van der Waals surface area contributed by atoms with Gasteiger partial charge in [-0.15, -0.1) is 0 Å². The van der Waals surface area contributed by atoms with Crippen molar-refractivity contribution < 1.29 is 19.1 Å². The molecule has 0 N–H and O–H groups in total. The van der Waals surface area contributed by atoms with Crippen molar-refractivity contribution in [3.05, 3.63) is 0 Å². The predicted molar refractivity (Wildman–Crippen MR) is 66.1 cm³/mol. The van der Waals surface area contributed by atoms with Gasteiger partial charge >= 0.3 is 12.1 Å². The van der Waals surface area contributed by atoms with Gasteiger partial charge in [0.15, 0.2) is 0 Å². The highest BCUT2D eigenvalue weighted by molar-refractivity contribution is 7.81. The van der Waals surface area contributed by atoms with E-state index in [1.54, 1.807) is 20.8 Å². The minimum atomic E-state index is -0.654. The molecule has 1 aliphatic rings. The number of carbonyl (C=O) groups is 2. The Hall–Kier alpha value is -0.910. The molecule has 17 heavy (non-hydrogen) atoms. The molecule has 0 spiro atoms. The van der Waals surface area contributed by atoms with Gasteiger partial charge in [0.2, 0.25) is 0 Å². The van der Waals surface area contributed by atoms with E-state index in [1.807, 2.05) is 0 Å². The van der Waals surface area contributed by atoms with Gasteiger partial charge in [0, 0.05) is 11.8 Å². The van der Waals surface area contributed by atoms with Crippen LogP contribution in [0.25, 0.3) is 0 Å². The molecule has 2 atom stereocenters. The van der Waals surface area contributed by atoms with Crippen molar-refractivity contribution in [1.29, 1.82) is 0 Å². The molecule has 0 radical (unpaired) electrons. The third kappa shape index (κ3) is 3.52. The summed E-state index contributed by atoms with van der Waals surface area (Å²) >= 11 is 4.30. The molecule has 98 valence electrons. The fourth-order valence-corrected chi connectivity index (χ4v) is 2.10. The molecule has 0 aliphatic carbocycles. The molecule has 6 heteroatoms. The third-order valence-electron chi connectivity index (χ3n) is 2.44. The molecule has 1 fully saturated rings. The fraction of sp³-hybridized carbons (Fsp3) is 0.818. The van der Waals surface area contributed by atoms with Crippen LogP contribution in [0.5, 0.6) is 0 Å². The molecule has 5 nitrogen and oxygen atoms in total. The van der Waals surface area contributed by atoms with Gasteiger partial charge < -0.3 is 9.47 Å². The van der Waals surface area contributed by atoms with Crippen molar-refractivity contribution in [2.75, 3.05) is 13.7 Å². The fourth-order valence-electron chi connectivity index (χ4n) is 1.71. The van der Waals surface area contributed by atoms with E-state index in [9.17, 15) is 9.59 Å². The first-order valence-electron chi connectivity index (χ1n) is 5.52. The lowest BCUT2D eigenvalue weighted by molar-refractivity contribution is -0.145. The number of thiol groups is 1. The number of ether oxygens (including phenoxy) is 2. The number of rotatable bonds is 1. The second-order valence-corrected chi connectivity index (χ2v) is 5.66. The Bertz CT molecular complexity index is 313. The Morgan fingerprint density at radius 2 is 1.94 bits per heavy atom. The highest BCUT2D eigenvalue weighted by atomic mass is 32.1. The maximum Gasteiger partial charge on any atom is 0.411 e. The van der Waals surface area contributed by atoms with Crippen molar-refractivity contribution in [3.63, 3.8) is 0 Å². The molecule has 1 rings (SSSR count). The number of hydrogen-bond acceptors (Lipinski definition) is 5. The van der Waals surface area contributed by atoms with Gasteiger partial charge in [0.1, 0.15) is 11.6 Å². The minimum Gasteiger partial charge on any atom is -0.467 e. The summed E-state index contributed by atoms with van der Waals surface area (Å²) in [4.78, 5) is 24.9. The van der Waals surface area contributed by atoms with Crippen molar-refractivity contribution in [2.24, 2.45) is 0 Å². The summed E-state index contributed by atoms with van der Waals surface area (Å²) in [5.74, 6) is -0.451. The Morgan fingerprint density at radius 1 is 1.35 bits per heavy atom. The summed E-state index contributed by atoms with van der Waals surface area (Å²) in [6.45, 7) is 5.81. The summed E-state index contributed by atoms with van der Waals surface area (Å²) in [6.07, 6.45) is 0.159. The summed E-state index contributed by atoms with van der Waals surface area (Å²) in [6, 6.07) is -0.654. The Labute approximate surface area is 107 Å². The summed E-state index contributed by atoms with van der Waals surface area (Å²) in [5.41, 5.74) is -0.577. The van der Waals surface area contributed by atoms with E-state index in [-0.39, 0.29) is 5.25 Å². The minimum absolute atomic E-state index is 0.199. The van der Waals surface area contributed by atoms with Crippen LogP contribution in [-0.2, 0) is 14.3 Å². The van der Waals surface area contributed by atoms with Gasteiger partial charge in [-0.1, -0.05) is 0 Å². The topological polar surface area (TPSA) is 55.8 Å². The second-order valence-electron chi connectivity index (χ2n) is 5.00. The van der Waals surface area contributed by atoms with Gasteiger partial charge in [-0.2, -0.15) is 12.6 Å². The molecule has 0 bridgehead atoms. The molecule has 1 aliphatic heterocycles. The van der Waals surface area contributed by atoms with Crippen molar-refractivity contribution in [1.82, 2.24) is 4.90 Å². The SMILES string of the molecule is COC(=O)[C@@H]1[C@H](S)CCN1C(=O)OC(C)(C)C. The van der Waals surface area contributed by atoms with E-state index in [2.05, 4.69) is 17.4 Å². The van der Waals surface area contributed by atoms with E-state index < -0.39 is 23.7 Å². The van der Waals surface area contributed by atoms with E-state index in [4.69, 9.17) is 4.74 Å². The second kappa shape index (κ2) is 5.16. The van der Waals surface area contributed by atoms with Gasteiger partial charge in [0.05, 0.1) is 7.11 Å². The van der Waals surface area contributed by atoms with Crippen LogP contribution in [0.4, 0.5) is 4.79 Å². The van der Waals surface area contributed by atoms with Crippen LogP contribution >= 0.6 is 12.6 Å². The molecule has 0 aromatic rings. The summed E-state index contributed by atoms with van der Waals surface area (Å²) in [7, 11) is 1.30. The zero-order chi connectivity index (χ0) is 13.2. The van der Waals surface area contributed by atoms with Crippen LogP contribution in [0.3, 0.4) is 0 Å². The summed E-state index contributed by atoms with van der Waals surface area (Å²) in [5, 5.41) is -0.199. The lowest BCUT2D eigenvalue weighted by Crippen LogP contribution is -2.46. The van der Waals surface area contributed by atoms with Crippen LogP contribution in [0, 0.1) is 0 Å². The van der Waals surface area contributed by atoms with Crippen molar-refractivity contribution in [3.8, 4) is 0 Å². The number of carbonyl (C=O) groups excluding carboxylic acids is 2. The first-order chi connectivity index (χ1) is 7.76. The molecule has 0 unspecified atom stereocenters. The third-order valence-corrected chi connectivity index (χ3v) is 2.98. The molecular weight excluding hydrogens is 242 g/mol. The molecule has 0 saturated carbocycles. The number of likely N-dealkylation sites (tertiary alicyclic amines) is 1. The van der Waals surface area contributed by atoms with Crippen LogP contribution in [0.15, 0.2) is 0 Å². The van der Waals surface area contributed by atoms with E-state index in [0.29, 0.717) is 13.0 Å². The Balaban J connectivity index is 2.76. The molecule has 1 heterocycles. The first-order valence-corrected chi connectivity index (χ1v) is 6.03. The zero-order valence-electron chi connectivity index (χ0n) is 10.6. The Kier molecular flexibility index (Phi) is 4.30. The number of esters is 1. The number of hydrogen-bond donors (Lipinski definition) is 1. The standard InChI is InChI=1S/C11H19NO4S/c1-11(2,3)16-10(14)12-6-5-7(17)8(12)9(13)15-4/h7-8,17H,5-6H2,1-4H3/t7-,8+/m1/s1. The smallest absolute Gasteiger partial charge is 0.411 e. The average Bonchev–Trinajstić information content (AvgIpc) is 2.56. The zero-order valence-corrected chi connectivity index (χ0v) is 11.5.